The molecule has 1 heterocycles. The molecule has 1 rings (SSSR count). The van der Waals surface area contributed by atoms with Crippen molar-refractivity contribution in [1.29, 1.82) is 0 Å². The Morgan fingerprint density at radius 1 is 1.67 bits per heavy atom. The number of hydrogen-bond acceptors (Lipinski definition) is 2. The number of nitrogens with zero attached hydrogens (tertiary/aromatic N) is 1. The van der Waals surface area contributed by atoms with Crippen LogP contribution >= 0.6 is 27.5 Å². The summed E-state index contributed by atoms with van der Waals surface area (Å²) in [5.41, 5.74) is -0.850. The van der Waals surface area contributed by atoms with Gasteiger partial charge >= 0.3 is 5.97 Å². The minimum absolute atomic E-state index is 0.0173. The molecule has 0 amide bonds. The van der Waals surface area contributed by atoms with Gasteiger partial charge in [0.1, 0.15) is 5.15 Å². The molecule has 15 heavy (non-hydrogen) atoms. The van der Waals surface area contributed by atoms with Gasteiger partial charge in [0.15, 0.2) is 0 Å². The number of carboxylic acids is 1. The highest BCUT2D eigenvalue weighted by Crippen LogP contribution is 2.32. The van der Waals surface area contributed by atoms with Crippen LogP contribution in [0.5, 0.6) is 0 Å². The quantitative estimate of drug-likeness (QED) is 0.688. The van der Waals surface area contributed by atoms with Crippen LogP contribution in [-0.4, -0.2) is 16.1 Å². The summed E-state index contributed by atoms with van der Waals surface area (Å²) in [7, 11) is 0. The average Bonchev–Trinajstić information content (AvgIpc) is 2.15. The van der Waals surface area contributed by atoms with E-state index in [1.165, 1.54) is 0 Å². The van der Waals surface area contributed by atoms with Crippen LogP contribution in [0.4, 0.5) is 8.78 Å². The maximum Gasteiger partial charge on any atom is 0.337 e. The molecule has 0 aromatic carbocycles. The first-order valence-corrected chi connectivity index (χ1v) is 5.23. The van der Waals surface area contributed by atoms with E-state index in [9.17, 15) is 13.6 Å². The van der Waals surface area contributed by atoms with E-state index in [1.807, 2.05) is 0 Å². The molecule has 0 atom stereocenters. The van der Waals surface area contributed by atoms with E-state index in [0.717, 1.165) is 6.20 Å². The Kier molecular flexibility index (Phi) is 3.98. The van der Waals surface area contributed by atoms with Gasteiger partial charge in [-0.1, -0.05) is 27.5 Å². The third kappa shape index (κ3) is 2.43. The lowest BCUT2D eigenvalue weighted by molar-refractivity contribution is 0.0695. The van der Waals surface area contributed by atoms with E-state index < -0.39 is 18.0 Å². The summed E-state index contributed by atoms with van der Waals surface area (Å²) in [6, 6.07) is 0. The van der Waals surface area contributed by atoms with Crippen molar-refractivity contribution in [3.8, 4) is 0 Å². The van der Waals surface area contributed by atoms with Crippen molar-refractivity contribution >= 4 is 33.5 Å². The number of pyridine rings is 1. The van der Waals surface area contributed by atoms with E-state index in [2.05, 4.69) is 20.9 Å². The molecule has 0 fully saturated rings. The number of hydrogen-bond donors (Lipinski definition) is 1. The fraction of sp³-hybridized carbons (Fsp3) is 0.250. The molecule has 3 nitrogen and oxygen atoms in total. The second-order valence-electron chi connectivity index (χ2n) is 2.59. The highest BCUT2D eigenvalue weighted by atomic mass is 79.9. The number of carboxylic acid groups (broad SMARTS) is 1. The van der Waals surface area contributed by atoms with Crippen molar-refractivity contribution in [3.63, 3.8) is 0 Å². The normalized spacial score (nSPS) is 10.7. The Hall–Kier alpha value is -0.750. The van der Waals surface area contributed by atoms with Crippen LogP contribution in [0.1, 0.15) is 27.9 Å². The zero-order valence-corrected chi connectivity index (χ0v) is 9.52. The standard InChI is InChI=1S/C8H5BrClF2NO2/c9-1-3-4(8(14)15)2-13-6(10)5(3)7(11)12/h2,7H,1H2,(H,14,15). The molecule has 0 saturated heterocycles. The Morgan fingerprint density at radius 2 is 2.27 bits per heavy atom. The summed E-state index contributed by atoms with van der Waals surface area (Å²) in [4.78, 5) is 14.1. The SMILES string of the molecule is O=C(O)c1cnc(Cl)c(C(F)F)c1CBr. The van der Waals surface area contributed by atoms with Crippen molar-refractivity contribution in [3.05, 3.63) is 28.0 Å². The molecule has 0 aliphatic rings. The molecular formula is C8H5BrClF2NO2. The monoisotopic (exact) mass is 299 g/mol. The van der Waals surface area contributed by atoms with E-state index in [-0.39, 0.29) is 21.6 Å². The minimum Gasteiger partial charge on any atom is -0.478 e. The lowest BCUT2D eigenvalue weighted by Crippen LogP contribution is -2.07. The summed E-state index contributed by atoms with van der Waals surface area (Å²) in [6.45, 7) is 0. The zero-order chi connectivity index (χ0) is 11.6. The number of carbonyl (C=O) groups is 1. The molecule has 0 saturated carbocycles. The largest absolute Gasteiger partial charge is 0.478 e. The summed E-state index contributed by atoms with van der Waals surface area (Å²) in [5, 5.41) is 8.36. The zero-order valence-electron chi connectivity index (χ0n) is 7.18. The van der Waals surface area contributed by atoms with Gasteiger partial charge in [0.2, 0.25) is 0 Å². The van der Waals surface area contributed by atoms with Crippen molar-refractivity contribution in [1.82, 2.24) is 4.98 Å². The van der Waals surface area contributed by atoms with Crippen molar-refractivity contribution in [2.75, 3.05) is 0 Å². The second-order valence-corrected chi connectivity index (χ2v) is 3.51. The molecule has 0 unspecified atom stereocenters. The van der Waals surface area contributed by atoms with E-state index in [0.29, 0.717) is 0 Å². The molecule has 0 spiro atoms. The van der Waals surface area contributed by atoms with E-state index in [4.69, 9.17) is 16.7 Å². The third-order valence-corrected chi connectivity index (χ3v) is 2.62. The predicted octanol–water partition coefficient (Wildman–Crippen LogP) is 3.27. The van der Waals surface area contributed by atoms with Gasteiger partial charge in [-0.3, -0.25) is 0 Å². The van der Waals surface area contributed by atoms with Gasteiger partial charge in [-0.05, 0) is 5.56 Å². The van der Waals surface area contributed by atoms with Crippen LogP contribution in [0.25, 0.3) is 0 Å². The van der Waals surface area contributed by atoms with Crippen LogP contribution in [-0.2, 0) is 5.33 Å². The van der Waals surface area contributed by atoms with Crippen molar-refractivity contribution in [2.45, 2.75) is 11.8 Å². The number of aromatic nitrogens is 1. The fourth-order valence-corrected chi connectivity index (χ4v) is 1.94. The van der Waals surface area contributed by atoms with Crippen LogP contribution < -0.4 is 0 Å². The molecular weight excluding hydrogens is 295 g/mol. The summed E-state index contributed by atoms with van der Waals surface area (Å²) >= 11 is 8.42. The van der Waals surface area contributed by atoms with Crippen molar-refractivity contribution < 1.29 is 18.7 Å². The lowest BCUT2D eigenvalue weighted by atomic mass is 10.1. The van der Waals surface area contributed by atoms with Crippen LogP contribution in [0.15, 0.2) is 6.20 Å². The Labute approximate surface area is 97.2 Å². The molecule has 0 aliphatic heterocycles. The first kappa shape index (κ1) is 12.3. The summed E-state index contributed by atoms with van der Waals surface area (Å²) in [5.74, 6) is -1.31. The van der Waals surface area contributed by atoms with Crippen molar-refractivity contribution in [2.24, 2.45) is 0 Å². The fourth-order valence-electron chi connectivity index (χ4n) is 1.09. The minimum atomic E-state index is -2.85. The maximum absolute atomic E-state index is 12.6. The van der Waals surface area contributed by atoms with Gasteiger partial charge in [0, 0.05) is 11.5 Å². The molecule has 1 N–H and O–H groups in total. The van der Waals surface area contributed by atoms with Crippen LogP contribution in [0.3, 0.4) is 0 Å². The Morgan fingerprint density at radius 3 is 2.67 bits per heavy atom. The highest BCUT2D eigenvalue weighted by Gasteiger charge is 2.23. The highest BCUT2D eigenvalue weighted by molar-refractivity contribution is 9.08. The molecule has 0 bridgehead atoms. The van der Waals surface area contributed by atoms with Gasteiger partial charge < -0.3 is 5.11 Å². The van der Waals surface area contributed by atoms with Gasteiger partial charge in [0.05, 0.1) is 11.1 Å². The first-order chi connectivity index (χ1) is 6.99. The first-order valence-electron chi connectivity index (χ1n) is 3.73. The molecule has 0 radical (unpaired) electrons. The van der Waals surface area contributed by atoms with Gasteiger partial charge in [-0.25, -0.2) is 18.6 Å². The number of rotatable bonds is 3. The second kappa shape index (κ2) is 4.85. The molecule has 1 aromatic rings. The lowest BCUT2D eigenvalue weighted by Gasteiger charge is -2.10. The molecule has 0 aliphatic carbocycles. The molecule has 7 heteroatoms. The maximum atomic E-state index is 12.6. The van der Waals surface area contributed by atoms with E-state index >= 15 is 0 Å². The molecule has 82 valence electrons. The Bertz CT molecular complexity index is 400. The topological polar surface area (TPSA) is 50.2 Å². The average molecular weight is 300 g/mol. The number of alkyl halides is 3. The van der Waals surface area contributed by atoms with Gasteiger partial charge in [-0.15, -0.1) is 0 Å². The third-order valence-electron chi connectivity index (χ3n) is 1.76. The van der Waals surface area contributed by atoms with Crippen LogP contribution in [0, 0.1) is 0 Å². The number of aromatic carboxylic acids is 1. The summed E-state index contributed by atoms with van der Waals surface area (Å²) in [6.07, 6.45) is -1.88. The van der Waals surface area contributed by atoms with Gasteiger partial charge in [0.25, 0.3) is 6.43 Å². The molecule has 1 aromatic heterocycles. The Balaban J connectivity index is 3.47. The predicted molar refractivity (Wildman–Crippen MR) is 53.8 cm³/mol. The summed E-state index contributed by atoms with van der Waals surface area (Å²) < 4.78 is 25.2. The van der Waals surface area contributed by atoms with Gasteiger partial charge in [-0.2, -0.15) is 0 Å². The number of halogens is 4. The smallest absolute Gasteiger partial charge is 0.337 e. The van der Waals surface area contributed by atoms with Crippen LogP contribution in [0.2, 0.25) is 5.15 Å². The van der Waals surface area contributed by atoms with E-state index in [1.54, 1.807) is 0 Å².